The number of nitrogens with zero attached hydrogens (tertiary/aromatic N) is 4. The summed E-state index contributed by atoms with van der Waals surface area (Å²) in [5.74, 6) is 0.241. The van der Waals surface area contributed by atoms with Crippen LogP contribution >= 0.6 is 11.3 Å². The summed E-state index contributed by atoms with van der Waals surface area (Å²) in [5, 5.41) is 0.661. The van der Waals surface area contributed by atoms with E-state index in [4.69, 9.17) is 4.98 Å². The van der Waals surface area contributed by atoms with Crippen LogP contribution in [0.1, 0.15) is 55.6 Å². The molecule has 3 rings (SSSR count). The number of hydrogen-bond donors (Lipinski definition) is 0. The first-order valence-corrected chi connectivity index (χ1v) is 15.5. The van der Waals surface area contributed by atoms with Gasteiger partial charge < -0.3 is 4.90 Å². The van der Waals surface area contributed by atoms with E-state index in [2.05, 4.69) is 17.9 Å². The number of anilines is 1. The second-order valence-electron chi connectivity index (χ2n) is 11.2. The molecule has 7 nitrogen and oxygen atoms in total. The van der Waals surface area contributed by atoms with Crippen molar-refractivity contribution in [3.05, 3.63) is 53.1 Å². The van der Waals surface area contributed by atoms with E-state index >= 15 is 0 Å². The second-order valence-corrected chi connectivity index (χ2v) is 14.1. The highest BCUT2D eigenvalue weighted by molar-refractivity contribution is 7.89. The predicted molar refractivity (Wildman–Crippen MR) is 159 cm³/mol. The summed E-state index contributed by atoms with van der Waals surface area (Å²) in [5.41, 5.74) is 3.62. The number of thiazole rings is 1. The lowest BCUT2D eigenvalue weighted by Gasteiger charge is -2.26. The molecule has 0 aliphatic carbocycles. The Balaban J connectivity index is 1.93. The summed E-state index contributed by atoms with van der Waals surface area (Å²) in [7, 11) is 0.359. The van der Waals surface area contributed by atoms with Crippen molar-refractivity contribution in [2.45, 2.75) is 52.9 Å². The molecule has 3 aromatic rings. The zero-order valence-corrected chi connectivity index (χ0v) is 25.6. The van der Waals surface area contributed by atoms with Gasteiger partial charge in [0.05, 0.1) is 15.1 Å². The largest absolute Gasteiger partial charge is 0.309 e. The van der Waals surface area contributed by atoms with Crippen molar-refractivity contribution in [3.8, 4) is 0 Å². The number of carbonyl (C=O) groups is 1. The van der Waals surface area contributed by atoms with E-state index in [1.54, 1.807) is 33.5 Å². The summed E-state index contributed by atoms with van der Waals surface area (Å²) >= 11 is 1.52. The molecule has 0 spiro atoms. The second kappa shape index (κ2) is 12.7. The van der Waals surface area contributed by atoms with Crippen molar-refractivity contribution in [2.24, 2.45) is 11.8 Å². The zero-order valence-electron chi connectivity index (χ0n) is 24.0. The normalized spacial score (nSPS) is 12.4. The van der Waals surface area contributed by atoms with Crippen LogP contribution in [-0.2, 0) is 10.0 Å². The minimum atomic E-state index is -3.66. The van der Waals surface area contributed by atoms with E-state index in [0.717, 1.165) is 34.3 Å². The fraction of sp³-hybridized carbons (Fsp3) is 0.517. The molecule has 0 unspecified atom stereocenters. The zero-order chi connectivity index (χ0) is 28.2. The Kier molecular flexibility index (Phi) is 10.1. The number of carbonyl (C=O) groups excluding carboxylic acids is 1. The quantitative estimate of drug-likeness (QED) is 0.280. The van der Waals surface area contributed by atoms with Crippen LogP contribution in [0.4, 0.5) is 5.13 Å². The number of fused-ring (bicyclic) bond motifs is 1. The minimum absolute atomic E-state index is 0.178. The van der Waals surface area contributed by atoms with E-state index in [-0.39, 0.29) is 22.6 Å². The van der Waals surface area contributed by atoms with Gasteiger partial charge in [-0.25, -0.2) is 13.4 Å². The first-order valence-electron chi connectivity index (χ1n) is 13.2. The van der Waals surface area contributed by atoms with Gasteiger partial charge in [-0.2, -0.15) is 4.31 Å². The molecule has 0 saturated heterocycles. The monoisotopic (exact) mass is 558 g/mol. The Morgan fingerprint density at radius 2 is 1.55 bits per heavy atom. The molecule has 9 heteroatoms. The lowest BCUT2D eigenvalue weighted by molar-refractivity contribution is 0.0986. The van der Waals surface area contributed by atoms with Crippen molar-refractivity contribution >= 4 is 42.6 Å². The Labute approximate surface area is 232 Å². The first-order chi connectivity index (χ1) is 17.8. The third kappa shape index (κ3) is 7.40. The molecule has 0 saturated carbocycles. The highest BCUT2D eigenvalue weighted by Gasteiger charge is 2.27. The Bertz CT molecular complexity index is 1340. The summed E-state index contributed by atoms with van der Waals surface area (Å²) in [4.78, 5) is 22.6. The van der Waals surface area contributed by atoms with E-state index in [1.807, 2.05) is 54.8 Å². The fourth-order valence-corrected chi connectivity index (χ4v) is 7.28. The summed E-state index contributed by atoms with van der Waals surface area (Å²) in [6.07, 6.45) is 0.790. The van der Waals surface area contributed by atoms with Crippen LogP contribution in [0.3, 0.4) is 0 Å². The number of sulfonamides is 1. The van der Waals surface area contributed by atoms with Gasteiger partial charge >= 0.3 is 0 Å². The molecule has 208 valence electrons. The van der Waals surface area contributed by atoms with Gasteiger partial charge in [0.1, 0.15) is 0 Å². The number of amides is 1. The molecule has 1 heterocycles. The number of aromatic nitrogens is 1. The van der Waals surface area contributed by atoms with Crippen LogP contribution in [-0.4, -0.2) is 68.8 Å². The van der Waals surface area contributed by atoms with Gasteiger partial charge in [-0.3, -0.25) is 9.69 Å². The number of benzene rings is 2. The van der Waals surface area contributed by atoms with Crippen LogP contribution in [0, 0.1) is 25.7 Å². The Hall–Kier alpha value is -2.33. The molecule has 0 bridgehead atoms. The fourth-order valence-electron chi connectivity index (χ4n) is 4.47. The lowest BCUT2D eigenvalue weighted by atomic mass is 10.1. The van der Waals surface area contributed by atoms with Gasteiger partial charge in [0.25, 0.3) is 5.91 Å². The van der Waals surface area contributed by atoms with Crippen molar-refractivity contribution < 1.29 is 13.2 Å². The minimum Gasteiger partial charge on any atom is -0.309 e. The average Bonchev–Trinajstić information content (AvgIpc) is 3.24. The van der Waals surface area contributed by atoms with E-state index in [1.165, 1.54) is 11.3 Å². The molecule has 0 aliphatic heterocycles. The molecule has 38 heavy (non-hydrogen) atoms. The molecule has 0 atom stereocenters. The van der Waals surface area contributed by atoms with Crippen LogP contribution in [0.25, 0.3) is 10.2 Å². The van der Waals surface area contributed by atoms with Gasteiger partial charge in [0, 0.05) is 25.2 Å². The third-order valence-electron chi connectivity index (χ3n) is 6.15. The van der Waals surface area contributed by atoms with Gasteiger partial charge in [-0.1, -0.05) is 45.1 Å². The van der Waals surface area contributed by atoms with Crippen LogP contribution in [0.5, 0.6) is 0 Å². The maximum atomic E-state index is 13.8. The highest BCUT2D eigenvalue weighted by atomic mass is 32.2. The van der Waals surface area contributed by atoms with E-state index in [9.17, 15) is 13.2 Å². The van der Waals surface area contributed by atoms with Crippen molar-refractivity contribution in [2.75, 3.05) is 45.2 Å². The Morgan fingerprint density at radius 3 is 2.11 bits per heavy atom. The number of aryl methyl sites for hydroxylation is 2. The molecular formula is C29H42N4O3S2. The van der Waals surface area contributed by atoms with Crippen molar-refractivity contribution in [1.82, 2.24) is 14.2 Å². The SMILES string of the molecule is Cc1cc(C)c2sc(N(CCCN(C)C)C(=O)c3ccc(S(=O)(=O)N(CC(C)C)CC(C)C)cc3)nc2c1. The summed E-state index contributed by atoms with van der Waals surface area (Å²) in [6.45, 7) is 14.4. The van der Waals surface area contributed by atoms with Gasteiger partial charge in [-0.05, 0) is 94.2 Å². The molecule has 0 radical (unpaired) electrons. The Morgan fingerprint density at radius 1 is 0.947 bits per heavy atom. The third-order valence-corrected chi connectivity index (χ3v) is 9.22. The standard InChI is InChI=1S/C29H42N4O3S2/c1-20(2)18-32(19-21(3)4)38(35,36)25-12-10-24(11-13-25)28(34)33(15-9-14-31(7)8)29-30-26-17-22(5)16-23(6)27(26)37-29/h10-13,16-17,20-21H,9,14-15,18-19H2,1-8H3. The summed E-state index contributed by atoms with van der Waals surface area (Å²) in [6, 6.07) is 10.5. The topological polar surface area (TPSA) is 73.8 Å². The van der Waals surface area contributed by atoms with Crippen LogP contribution < -0.4 is 4.90 Å². The van der Waals surface area contributed by atoms with Gasteiger partial charge in [-0.15, -0.1) is 0 Å². The molecule has 1 amide bonds. The maximum absolute atomic E-state index is 13.8. The molecule has 0 fully saturated rings. The average molecular weight is 559 g/mol. The van der Waals surface area contributed by atoms with E-state index < -0.39 is 10.0 Å². The van der Waals surface area contributed by atoms with Gasteiger partial charge in [0.2, 0.25) is 10.0 Å². The van der Waals surface area contributed by atoms with Crippen molar-refractivity contribution in [1.29, 1.82) is 0 Å². The number of hydrogen-bond acceptors (Lipinski definition) is 6. The maximum Gasteiger partial charge on any atom is 0.260 e. The van der Waals surface area contributed by atoms with Crippen LogP contribution in [0.15, 0.2) is 41.3 Å². The molecule has 2 aromatic carbocycles. The smallest absolute Gasteiger partial charge is 0.260 e. The van der Waals surface area contributed by atoms with Crippen LogP contribution in [0.2, 0.25) is 0 Å². The highest BCUT2D eigenvalue weighted by Crippen LogP contribution is 2.33. The first kappa shape index (κ1) is 30.2. The predicted octanol–water partition coefficient (Wildman–Crippen LogP) is 5.81. The van der Waals surface area contributed by atoms with Crippen molar-refractivity contribution in [3.63, 3.8) is 0 Å². The van der Waals surface area contributed by atoms with E-state index in [0.29, 0.717) is 30.3 Å². The summed E-state index contributed by atoms with van der Waals surface area (Å²) < 4.78 is 29.5. The lowest BCUT2D eigenvalue weighted by Crippen LogP contribution is -2.37. The molecule has 1 aromatic heterocycles. The molecule has 0 N–H and O–H groups in total. The van der Waals surface area contributed by atoms with Gasteiger partial charge in [0.15, 0.2) is 5.13 Å². The number of rotatable bonds is 12. The molecular weight excluding hydrogens is 516 g/mol. The molecule has 0 aliphatic rings.